The summed E-state index contributed by atoms with van der Waals surface area (Å²) in [5, 5.41) is 3.46. The summed E-state index contributed by atoms with van der Waals surface area (Å²) in [6.45, 7) is 3.37. The van der Waals surface area contributed by atoms with Crippen molar-refractivity contribution in [2.24, 2.45) is 7.05 Å². The third-order valence-electron chi connectivity index (χ3n) is 5.47. The van der Waals surface area contributed by atoms with E-state index in [4.69, 9.17) is 0 Å². The lowest BCUT2D eigenvalue weighted by molar-refractivity contribution is 0.629. The van der Waals surface area contributed by atoms with Crippen LogP contribution >= 0.6 is 0 Å². The van der Waals surface area contributed by atoms with Gasteiger partial charge >= 0.3 is 0 Å². The quantitative estimate of drug-likeness (QED) is 0.769. The average molecular weight is 347 g/mol. The first kappa shape index (κ1) is 16.9. The number of aromatic nitrogens is 2. The van der Waals surface area contributed by atoms with Crippen LogP contribution in [0.3, 0.4) is 0 Å². The van der Waals surface area contributed by atoms with Gasteiger partial charge in [-0.15, -0.1) is 0 Å². The van der Waals surface area contributed by atoms with Crippen LogP contribution in [0.5, 0.6) is 0 Å². The fraction of sp³-hybridized carbons (Fsp3) is 0.318. The third kappa shape index (κ3) is 3.01. The van der Waals surface area contributed by atoms with Gasteiger partial charge in [0.25, 0.3) is 5.56 Å². The van der Waals surface area contributed by atoms with E-state index in [2.05, 4.69) is 23.5 Å². The van der Waals surface area contributed by atoms with Gasteiger partial charge in [0.15, 0.2) is 0 Å². The second-order valence-corrected chi connectivity index (χ2v) is 7.10. The molecule has 0 atom stereocenters. The SMILES string of the molecule is Cc1c(CNCc2ccc3c(c2)CCC3)c(=O)n(-c2ccccc2)n1C. The Hall–Kier alpha value is -2.59. The Labute approximate surface area is 154 Å². The number of nitrogens with one attached hydrogen (secondary N) is 1. The van der Waals surface area contributed by atoms with Crippen LogP contribution in [0, 0.1) is 6.92 Å². The van der Waals surface area contributed by atoms with E-state index in [-0.39, 0.29) is 5.56 Å². The monoisotopic (exact) mass is 347 g/mol. The molecule has 0 unspecified atom stereocenters. The van der Waals surface area contributed by atoms with Gasteiger partial charge in [0.05, 0.1) is 11.3 Å². The molecule has 0 saturated heterocycles. The maximum atomic E-state index is 12.9. The Kier molecular flexibility index (Phi) is 4.51. The first-order chi connectivity index (χ1) is 12.6. The molecule has 0 saturated carbocycles. The highest BCUT2D eigenvalue weighted by Gasteiger charge is 2.16. The summed E-state index contributed by atoms with van der Waals surface area (Å²) in [7, 11) is 1.94. The molecule has 1 aromatic heterocycles. The average Bonchev–Trinajstić information content (AvgIpc) is 3.20. The molecule has 3 aromatic rings. The molecule has 0 spiro atoms. The predicted octanol–water partition coefficient (Wildman–Crippen LogP) is 3.26. The Morgan fingerprint density at radius 3 is 2.58 bits per heavy atom. The molecule has 134 valence electrons. The minimum Gasteiger partial charge on any atom is -0.308 e. The lowest BCUT2D eigenvalue weighted by Gasteiger charge is -2.07. The lowest BCUT2D eigenvalue weighted by atomic mass is 10.1. The number of fused-ring (bicyclic) bond motifs is 1. The van der Waals surface area contributed by atoms with Gasteiger partial charge in [0.1, 0.15) is 0 Å². The van der Waals surface area contributed by atoms with E-state index in [1.54, 1.807) is 4.68 Å². The molecule has 0 amide bonds. The number of hydrogen-bond donors (Lipinski definition) is 1. The summed E-state index contributed by atoms with van der Waals surface area (Å²) in [5.74, 6) is 0. The summed E-state index contributed by atoms with van der Waals surface area (Å²) < 4.78 is 3.67. The molecule has 26 heavy (non-hydrogen) atoms. The number of rotatable bonds is 5. The molecule has 1 heterocycles. The summed E-state index contributed by atoms with van der Waals surface area (Å²) in [6.07, 6.45) is 3.68. The molecule has 1 aliphatic rings. The Morgan fingerprint density at radius 2 is 1.77 bits per heavy atom. The smallest absolute Gasteiger partial charge is 0.276 e. The summed E-state index contributed by atoms with van der Waals surface area (Å²) in [4.78, 5) is 12.9. The fourth-order valence-electron chi connectivity index (χ4n) is 3.89. The molecule has 0 aliphatic heterocycles. The van der Waals surface area contributed by atoms with Crippen LogP contribution in [0.15, 0.2) is 53.3 Å². The molecule has 1 aliphatic carbocycles. The summed E-state index contributed by atoms with van der Waals surface area (Å²) >= 11 is 0. The number of aryl methyl sites for hydroxylation is 2. The second-order valence-electron chi connectivity index (χ2n) is 7.10. The highest BCUT2D eigenvalue weighted by atomic mass is 16.1. The Morgan fingerprint density at radius 1 is 1.00 bits per heavy atom. The third-order valence-corrected chi connectivity index (χ3v) is 5.47. The largest absolute Gasteiger partial charge is 0.308 e. The van der Waals surface area contributed by atoms with E-state index < -0.39 is 0 Å². The number of benzene rings is 2. The molecule has 0 bridgehead atoms. The summed E-state index contributed by atoms with van der Waals surface area (Å²) in [5.41, 5.74) is 7.07. The van der Waals surface area contributed by atoms with Crippen molar-refractivity contribution < 1.29 is 0 Å². The first-order valence-electron chi connectivity index (χ1n) is 9.29. The van der Waals surface area contributed by atoms with Gasteiger partial charge in [0.2, 0.25) is 0 Å². The molecule has 0 fully saturated rings. The normalized spacial score (nSPS) is 13.2. The minimum absolute atomic E-state index is 0.0534. The zero-order valence-corrected chi connectivity index (χ0v) is 15.5. The van der Waals surface area contributed by atoms with Crippen LogP contribution in [0.2, 0.25) is 0 Å². The van der Waals surface area contributed by atoms with Crippen LogP contribution < -0.4 is 10.9 Å². The van der Waals surface area contributed by atoms with Crippen molar-refractivity contribution in [2.75, 3.05) is 0 Å². The highest BCUT2D eigenvalue weighted by Crippen LogP contribution is 2.22. The van der Waals surface area contributed by atoms with Gasteiger partial charge in [0, 0.05) is 25.8 Å². The molecule has 2 aromatic carbocycles. The Balaban J connectivity index is 1.51. The number of para-hydroxylation sites is 1. The van der Waals surface area contributed by atoms with E-state index in [9.17, 15) is 4.79 Å². The van der Waals surface area contributed by atoms with Crippen LogP contribution in [0.25, 0.3) is 5.69 Å². The zero-order valence-electron chi connectivity index (χ0n) is 15.5. The molecule has 4 heteroatoms. The van der Waals surface area contributed by atoms with Crippen LogP contribution in [0.1, 0.15) is 34.4 Å². The van der Waals surface area contributed by atoms with Crippen LogP contribution in [-0.2, 0) is 33.0 Å². The fourth-order valence-corrected chi connectivity index (χ4v) is 3.89. The predicted molar refractivity (Wildman–Crippen MR) is 105 cm³/mol. The minimum atomic E-state index is 0.0534. The van der Waals surface area contributed by atoms with Gasteiger partial charge in [-0.25, -0.2) is 4.68 Å². The van der Waals surface area contributed by atoms with Gasteiger partial charge in [-0.05, 0) is 55.0 Å². The molecular formula is C22H25N3O. The highest BCUT2D eigenvalue weighted by molar-refractivity contribution is 5.36. The van der Waals surface area contributed by atoms with E-state index in [0.29, 0.717) is 6.54 Å². The maximum Gasteiger partial charge on any atom is 0.276 e. The topological polar surface area (TPSA) is 39.0 Å². The standard InChI is InChI=1S/C22H25N3O/c1-16-21(22(26)25(24(16)2)20-9-4-3-5-10-20)15-23-14-17-11-12-18-7-6-8-19(18)13-17/h3-5,9-13,23H,6-8,14-15H2,1-2H3. The van der Waals surface area contributed by atoms with Crippen molar-refractivity contribution in [2.45, 2.75) is 39.3 Å². The number of hydrogen-bond acceptors (Lipinski definition) is 2. The van der Waals surface area contributed by atoms with E-state index in [1.807, 2.05) is 49.0 Å². The molecule has 4 rings (SSSR count). The maximum absolute atomic E-state index is 12.9. The second kappa shape index (κ2) is 6.96. The van der Waals surface area contributed by atoms with Gasteiger partial charge in [-0.3, -0.25) is 9.48 Å². The van der Waals surface area contributed by atoms with Crippen molar-refractivity contribution >= 4 is 0 Å². The molecular weight excluding hydrogens is 322 g/mol. The zero-order chi connectivity index (χ0) is 18.1. The molecule has 1 N–H and O–H groups in total. The van der Waals surface area contributed by atoms with E-state index >= 15 is 0 Å². The van der Waals surface area contributed by atoms with Gasteiger partial charge in [-0.1, -0.05) is 36.4 Å². The van der Waals surface area contributed by atoms with Gasteiger partial charge in [-0.2, -0.15) is 0 Å². The van der Waals surface area contributed by atoms with Crippen molar-refractivity contribution in [1.29, 1.82) is 0 Å². The Bertz CT molecular complexity index is 983. The van der Waals surface area contributed by atoms with Crippen LogP contribution in [-0.4, -0.2) is 9.36 Å². The van der Waals surface area contributed by atoms with Crippen molar-refractivity contribution in [3.05, 3.63) is 86.8 Å². The first-order valence-corrected chi connectivity index (χ1v) is 9.29. The lowest BCUT2D eigenvalue weighted by Crippen LogP contribution is -2.23. The van der Waals surface area contributed by atoms with E-state index in [1.165, 1.54) is 36.0 Å². The van der Waals surface area contributed by atoms with Gasteiger partial charge < -0.3 is 5.32 Å². The van der Waals surface area contributed by atoms with Crippen molar-refractivity contribution in [1.82, 2.24) is 14.7 Å². The van der Waals surface area contributed by atoms with E-state index in [0.717, 1.165) is 23.5 Å². The molecule has 4 nitrogen and oxygen atoms in total. The van der Waals surface area contributed by atoms with Crippen molar-refractivity contribution in [3.63, 3.8) is 0 Å². The number of nitrogens with zero attached hydrogens (tertiary/aromatic N) is 2. The summed E-state index contributed by atoms with van der Waals surface area (Å²) in [6, 6.07) is 16.6. The van der Waals surface area contributed by atoms with Crippen molar-refractivity contribution in [3.8, 4) is 5.69 Å². The molecule has 0 radical (unpaired) electrons. The van der Waals surface area contributed by atoms with Crippen LogP contribution in [0.4, 0.5) is 0 Å².